The van der Waals surface area contributed by atoms with Crippen LogP contribution in [0, 0.1) is 11.3 Å². The topological polar surface area (TPSA) is 36.7 Å². The Bertz CT molecular complexity index is 811. The number of pyridine rings is 1. The molecule has 0 atom stereocenters. The van der Waals surface area contributed by atoms with Crippen molar-refractivity contribution >= 4 is 22.4 Å². The number of hydrogen-bond donors (Lipinski definition) is 0. The van der Waals surface area contributed by atoms with Crippen LogP contribution in [0.4, 0.5) is 0 Å². The maximum atomic E-state index is 9.30. The average Bonchev–Trinajstić information content (AvgIpc) is 2.53. The summed E-state index contributed by atoms with van der Waals surface area (Å²) in [5.41, 5.74) is 2.27. The fourth-order valence-electron chi connectivity index (χ4n) is 2.15. The lowest BCUT2D eigenvalue weighted by atomic mass is 10.0. The van der Waals surface area contributed by atoms with E-state index in [1.54, 1.807) is 6.20 Å². The normalized spacial score (nSPS) is 11.2. The highest BCUT2D eigenvalue weighted by Gasteiger charge is 2.02. The van der Waals surface area contributed by atoms with Gasteiger partial charge in [-0.1, -0.05) is 42.5 Å². The third-order valence-corrected chi connectivity index (χ3v) is 3.15. The van der Waals surface area contributed by atoms with Crippen LogP contribution in [0.3, 0.4) is 0 Å². The molecule has 0 bridgehead atoms. The van der Waals surface area contributed by atoms with Crippen molar-refractivity contribution in [1.82, 2.24) is 4.98 Å². The Balaban J connectivity index is 2.06. The summed E-state index contributed by atoms with van der Waals surface area (Å²) in [6.45, 7) is 0. The number of nitriles is 1. The molecule has 2 heteroatoms. The summed E-state index contributed by atoms with van der Waals surface area (Å²) in [7, 11) is 0. The number of nitrogens with zero attached hydrogens (tertiary/aromatic N) is 2. The molecule has 0 radical (unpaired) electrons. The van der Waals surface area contributed by atoms with Crippen molar-refractivity contribution in [3.8, 4) is 6.07 Å². The first-order valence-corrected chi connectivity index (χ1v) is 6.39. The van der Waals surface area contributed by atoms with Gasteiger partial charge in [-0.15, -0.1) is 0 Å². The lowest BCUT2D eigenvalue weighted by Gasteiger charge is -2.01. The van der Waals surface area contributed by atoms with Gasteiger partial charge in [0.05, 0.1) is 11.3 Å². The lowest BCUT2D eigenvalue weighted by molar-refractivity contribution is 1.28. The Morgan fingerprint density at radius 2 is 1.75 bits per heavy atom. The molecule has 20 heavy (non-hydrogen) atoms. The summed E-state index contributed by atoms with van der Waals surface area (Å²) in [4.78, 5) is 4.22. The van der Waals surface area contributed by atoms with Crippen molar-refractivity contribution in [1.29, 1.82) is 5.26 Å². The molecule has 0 saturated carbocycles. The number of fused-ring (bicyclic) bond motifs is 1. The molecule has 0 amide bonds. The lowest BCUT2D eigenvalue weighted by Crippen LogP contribution is -1.86. The number of allylic oxidation sites excluding steroid dienone is 1. The van der Waals surface area contributed by atoms with E-state index < -0.39 is 0 Å². The van der Waals surface area contributed by atoms with E-state index in [-0.39, 0.29) is 0 Å². The van der Waals surface area contributed by atoms with Gasteiger partial charge in [0.1, 0.15) is 6.07 Å². The first-order valence-electron chi connectivity index (χ1n) is 6.39. The fraction of sp³-hybridized carbons (Fsp3) is 0. The van der Waals surface area contributed by atoms with Gasteiger partial charge in [-0.2, -0.15) is 5.26 Å². The van der Waals surface area contributed by atoms with E-state index >= 15 is 0 Å². The summed E-state index contributed by atoms with van der Waals surface area (Å²) in [6, 6.07) is 22.1. The molecule has 0 saturated heterocycles. The van der Waals surface area contributed by atoms with Gasteiger partial charge in [-0.3, -0.25) is 4.98 Å². The standard InChI is InChI=1S/C18H12N2/c19-13-17(18-7-3-4-10-20-18)12-14-8-9-15-5-1-2-6-16(15)11-14/h1-12H/b17-12+. The van der Waals surface area contributed by atoms with Crippen LogP contribution in [0.1, 0.15) is 11.3 Å². The van der Waals surface area contributed by atoms with Gasteiger partial charge in [0.25, 0.3) is 0 Å². The summed E-state index contributed by atoms with van der Waals surface area (Å²) >= 11 is 0. The average molecular weight is 256 g/mol. The molecule has 94 valence electrons. The molecule has 0 spiro atoms. The van der Waals surface area contributed by atoms with Gasteiger partial charge in [-0.05, 0) is 40.6 Å². The number of rotatable bonds is 2. The van der Waals surface area contributed by atoms with Crippen LogP contribution in [-0.4, -0.2) is 4.98 Å². The molecule has 2 aromatic carbocycles. The first kappa shape index (κ1) is 12.1. The highest BCUT2D eigenvalue weighted by atomic mass is 14.7. The Labute approximate surface area is 117 Å². The monoisotopic (exact) mass is 256 g/mol. The number of aromatic nitrogens is 1. The maximum absolute atomic E-state index is 9.30. The van der Waals surface area contributed by atoms with E-state index in [2.05, 4.69) is 35.3 Å². The van der Waals surface area contributed by atoms with Crippen molar-refractivity contribution in [3.05, 3.63) is 78.1 Å². The molecule has 0 aliphatic carbocycles. The predicted octanol–water partition coefficient (Wildman–Crippen LogP) is 4.30. The summed E-state index contributed by atoms with van der Waals surface area (Å²) < 4.78 is 0. The molecule has 1 aromatic heterocycles. The van der Waals surface area contributed by atoms with E-state index in [4.69, 9.17) is 0 Å². The van der Waals surface area contributed by atoms with Crippen molar-refractivity contribution in [2.24, 2.45) is 0 Å². The van der Waals surface area contributed by atoms with Gasteiger partial charge in [0, 0.05) is 6.20 Å². The van der Waals surface area contributed by atoms with Gasteiger partial charge < -0.3 is 0 Å². The van der Waals surface area contributed by atoms with Crippen LogP contribution in [0.5, 0.6) is 0 Å². The van der Waals surface area contributed by atoms with E-state index in [0.717, 1.165) is 5.56 Å². The number of benzene rings is 2. The second kappa shape index (κ2) is 5.38. The van der Waals surface area contributed by atoms with Gasteiger partial charge in [0.15, 0.2) is 0 Å². The van der Waals surface area contributed by atoms with Crippen LogP contribution in [0.25, 0.3) is 22.4 Å². The molecule has 0 aliphatic heterocycles. The molecule has 2 nitrogen and oxygen atoms in total. The first-order chi connectivity index (χ1) is 9.86. The summed E-state index contributed by atoms with van der Waals surface area (Å²) in [5.74, 6) is 0. The third-order valence-electron chi connectivity index (χ3n) is 3.15. The number of hydrogen-bond acceptors (Lipinski definition) is 2. The molecule has 0 N–H and O–H groups in total. The Morgan fingerprint density at radius 3 is 2.50 bits per heavy atom. The van der Waals surface area contributed by atoms with Crippen molar-refractivity contribution in [3.63, 3.8) is 0 Å². The maximum Gasteiger partial charge on any atom is 0.101 e. The van der Waals surface area contributed by atoms with Crippen molar-refractivity contribution in [2.75, 3.05) is 0 Å². The van der Waals surface area contributed by atoms with Crippen LogP contribution in [-0.2, 0) is 0 Å². The summed E-state index contributed by atoms with van der Waals surface area (Å²) in [5, 5.41) is 11.7. The molecule has 3 rings (SSSR count). The minimum absolute atomic E-state index is 0.570. The minimum atomic E-state index is 0.570. The van der Waals surface area contributed by atoms with Crippen LogP contribution >= 0.6 is 0 Å². The molecule has 0 fully saturated rings. The van der Waals surface area contributed by atoms with Crippen molar-refractivity contribution in [2.45, 2.75) is 0 Å². The largest absolute Gasteiger partial charge is 0.256 e. The predicted molar refractivity (Wildman–Crippen MR) is 81.7 cm³/mol. The molecule has 1 heterocycles. The zero-order chi connectivity index (χ0) is 13.8. The molecule has 3 aromatic rings. The van der Waals surface area contributed by atoms with Crippen molar-refractivity contribution < 1.29 is 0 Å². The van der Waals surface area contributed by atoms with Crippen LogP contribution in [0.2, 0.25) is 0 Å². The molecular formula is C18H12N2. The molecular weight excluding hydrogens is 244 g/mol. The Morgan fingerprint density at radius 1 is 0.950 bits per heavy atom. The molecule has 0 unspecified atom stereocenters. The van der Waals surface area contributed by atoms with Gasteiger partial charge in [0.2, 0.25) is 0 Å². The van der Waals surface area contributed by atoms with Gasteiger partial charge >= 0.3 is 0 Å². The smallest absolute Gasteiger partial charge is 0.101 e. The SMILES string of the molecule is N#C/C(=C\c1ccc2ccccc2c1)c1ccccn1. The zero-order valence-electron chi connectivity index (χ0n) is 10.8. The Hall–Kier alpha value is -2.92. The minimum Gasteiger partial charge on any atom is -0.256 e. The molecule has 0 aliphatic rings. The van der Waals surface area contributed by atoms with E-state index in [0.29, 0.717) is 11.3 Å². The zero-order valence-corrected chi connectivity index (χ0v) is 10.8. The summed E-state index contributed by atoms with van der Waals surface area (Å²) in [6.07, 6.45) is 3.57. The Kier molecular flexibility index (Phi) is 3.26. The highest BCUT2D eigenvalue weighted by Crippen LogP contribution is 2.20. The third kappa shape index (κ3) is 2.43. The highest BCUT2D eigenvalue weighted by molar-refractivity contribution is 5.91. The second-order valence-corrected chi connectivity index (χ2v) is 4.49. The second-order valence-electron chi connectivity index (χ2n) is 4.49. The van der Waals surface area contributed by atoms with Gasteiger partial charge in [-0.25, -0.2) is 0 Å². The van der Waals surface area contributed by atoms with E-state index in [1.165, 1.54) is 10.8 Å². The fourth-order valence-corrected chi connectivity index (χ4v) is 2.15. The van der Waals surface area contributed by atoms with Crippen LogP contribution in [0.15, 0.2) is 66.9 Å². The van der Waals surface area contributed by atoms with E-state index in [1.807, 2.05) is 42.5 Å². The van der Waals surface area contributed by atoms with Crippen LogP contribution < -0.4 is 0 Å². The quantitative estimate of drug-likeness (QED) is 0.641. The van der Waals surface area contributed by atoms with E-state index in [9.17, 15) is 5.26 Å².